The fourth-order valence-electron chi connectivity index (χ4n) is 3.68. The van der Waals surface area contributed by atoms with Crippen molar-refractivity contribution in [2.24, 2.45) is 5.92 Å². The van der Waals surface area contributed by atoms with Crippen LogP contribution in [0.5, 0.6) is 0 Å². The van der Waals surface area contributed by atoms with Gasteiger partial charge in [0, 0.05) is 36.6 Å². The molecule has 1 saturated heterocycles. The van der Waals surface area contributed by atoms with Gasteiger partial charge >= 0.3 is 0 Å². The molecule has 2 amide bonds. The molecule has 6 heteroatoms. The van der Waals surface area contributed by atoms with E-state index in [1.165, 1.54) is 31.5 Å². The van der Waals surface area contributed by atoms with Crippen LogP contribution in [0.25, 0.3) is 0 Å². The Morgan fingerprint density at radius 3 is 2.29 bits per heavy atom. The van der Waals surface area contributed by atoms with E-state index >= 15 is 0 Å². The lowest BCUT2D eigenvalue weighted by Crippen LogP contribution is -2.32. The van der Waals surface area contributed by atoms with Crippen LogP contribution < -0.4 is 10.6 Å². The highest BCUT2D eigenvalue weighted by atomic mass is 35.5. The summed E-state index contributed by atoms with van der Waals surface area (Å²) in [5.41, 5.74) is 2.98. The maximum atomic E-state index is 12.1. The third kappa shape index (κ3) is 8.00. The Morgan fingerprint density at radius 2 is 1.61 bits per heavy atom. The normalized spacial score (nSPS) is 14.9. The Balaban J connectivity index is 1.30. The lowest BCUT2D eigenvalue weighted by atomic mass is 9.99. The summed E-state index contributed by atoms with van der Waals surface area (Å²) in [7, 11) is 0. The summed E-state index contributed by atoms with van der Waals surface area (Å²) in [6, 6.07) is 15.2. The molecule has 0 unspecified atom stereocenters. The van der Waals surface area contributed by atoms with Gasteiger partial charge in [-0.15, -0.1) is 0 Å². The van der Waals surface area contributed by atoms with E-state index in [1.807, 2.05) is 0 Å². The molecule has 1 fully saturated rings. The van der Waals surface area contributed by atoms with Gasteiger partial charge in [0.25, 0.3) is 5.91 Å². The van der Waals surface area contributed by atoms with Gasteiger partial charge in [0.05, 0.1) is 0 Å². The summed E-state index contributed by atoms with van der Waals surface area (Å²) in [4.78, 5) is 26.6. The summed E-state index contributed by atoms with van der Waals surface area (Å²) >= 11 is 5.83. The Morgan fingerprint density at radius 1 is 0.968 bits per heavy atom. The zero-order chi connectivity index (χ0) is 22.1. The second-order valence-corrected chi connectivity index (χ2v) is 8.85. The number of rotatable bonds is 9. The molecular weight excluding hydrogens is 410 g/mol. The molecule has 0 spiro atoms. The molecule has 0 saturated carbocycles. The highest BCUT2D eigenvalue weighted by Crippen LogP contribution is 2.18. The molecule has 0 aromatic heterocycles. The van der Waals surface area contributed by atoms with Gasteiger partial charge in [-0.3, -0.25) is 14.5 Å². The predicted molar refractivity (Wildman–Crippen MR) is 125 cm³/mol. The molecule has 0 bridgehead atoms. The number of benzene rings is 2. The van der Waals surface area contributed by atoms with Crippen LogP contribution in [0.15, 0.2) is 48.5 Å². The number of hydrogen-bond acceptors (Lipinski definition) is 3. The predicted octanol–water partition coefficient (Wildman–Crippen LogP) is 4.40. The zero-order valence-electron chi connectivity index (χ0n) is 18.2. The van der Waals surface area contributed by atoms with Crippen molar-refractivity contribution >= 4 is 23.4 Å². The minimum absolute atomic E-state index is 0.00717. The van der Waals surface area contributed by atoms with E-state index in [-0.39, 0.29) is 11.8 Å². The van der Waals surface area contributed by atoms with E-state index in [9.17, 15) is 9.59 Å². The lowest BCUT2D eigenvalue weighted by molar-refractivity contribution is -0.121. The number of nitrogens with zero attached hydrogens (tertiary/aromatic N) is 1. The zero-order valence-corrected chi connectivity index (χ0v) is 19.0. The number of carbonyl (C=O) groups excluding carboxylic acids is 2. The van der Waals surface area contributed by atoms with Crippen LogP contribution in [0.4, 0.5) is 0 Å². The minimum Gasteiger partial charge on any atom is -0.352 e. The molecule has 0 radical (unpaired) electrons. The number of nitrogens with one attached hydrogen (secondary N) is 2. The lowest BCUT2D eigenvalue weighted by Gasteiger charge is -2.30. The Hall–Kier alpha value is -2.37. The highest BCUT2D eigenvalue weighted by Gasteiger charge is 2.15. The second-order valence-electron chi connectivity index (χ2n) is 8.42. The van der Waals surface area contributed by atoms with Crippen molar-refractivity contribution in [1.82, 2.24) is 15.5 Å². The first kappa shape index (κ1) is 23.3. The number of halogens is 1. The van der Waals surface area contributed by atoms with Crippen molar-refractivity contribution in [3.8, 4) is 0 Å². The van der Waals surface area contributed by atoms with E-state index in [0.29, 0.717) is 36.5 Å². The molecular formula is C25H32ClN3O2. The summed E-state index contributed by atoms with van der Waals surface area (Å²) < 4.78 is 0. The van der Waals surface area contributed by atoms with Crippen molar-refractivity contribution in [3.63, 3.8) is 0 Å². The van der Waals surface area contributed by atoms with Gasteiger partial charge in [-0.05, 0) is 73.7 Å². The summed E-state index contributed by atoms with van der Waals surface area (Å²) in [5.74, 6) is 0.686. The van der Waals surface area contributed by atoms with Crippen molar-refractivity contribution < 1.29 is 9.59 Å². The minimum atomic E-state index is -0.156. The molecule has 166 valence electrons. The van der Waals surface area contributed by atoms with E-state index in [2.05, 4.69) is 46.7 Å². The molecule has 1 aliphatic rings. The molecule has 1 aliphatic heterocycles. The number of piperidine rings is 1. The smallest absolute Gasteiger partial charge is 0.251 e. The highest BCUT2D eigenvalue weighted by molar-refractivity contribution is 6.30. The van der Waals surface area contributed by atoms with Gasteiger partial charge < -0.3 is 10.6 Å². The average molecular weight is 442 g/mol. The number of carbonyl (C=O) groups is 2. The van der Waals surface area contributed by atoms with Crippen LogP contribution in [-0.2, 0) is 17.9 Å². The first-order chi connectivity index (χ1) is 15.0. The van der Waals surface area contributed by atoms with E-state index < -0.39 is 0 Å². The Kier molecular flexibility index (Phi) is 8.92. The van der Waals surface area contributed by atoms with Crippen molar-refractivity contribution in [3.05, 3.63) is 70.2 Å². The van der Waals surface area contributed by atoms with Gasteiger partial charge in [-0.1, -0.05) is 42.8 Å². The van der Waals surface area contributed by atoms with Crippen molar-refractivity contribution in [2.45, 2.75) is 45.7 Å². The third-order valence-corrected chi connectivity index (χ3v) is 6.02. The van der Waals surface area contributed by atoms with Gasteiger partial charge in [-0.25, -0.2) is 0 Å². The summed E-state index contributed by atoms with van der Waals surface area (Å²) in [6.07, 6.45) is 3.55. The van der Waals surface area contributed by atoms with E-state index in [1.54, 1.807) is 24.3 Å². The van der Waals surface area contributed by atoms with Gasteiger partial charge in [0.2, 0.25) is 5.91 Å². The van der Waals surface area contributed by atoms with Crippen LogP contribution >= 0.6 is 11.6 Å². The molecule has 31 heavy (non-hydrogen) atoms. The van der Waals surface area contributed by atoms with Crippen LogP contribution in [0, 0.1) is 5.92 Å². The van der Waals surface area contributed by atoms with E-state index in [4.69, 9.17) is 11.6 Å². The van der Waals surface area contributed by atoms with Gasteiger partial charge in [0.1, 0.15) is 0 Å². The first-order valence-electron chi connectivity index (χ1n) is 11.1. The van der Waals surface area contributed by atoms with Crippen LogP contribution in [0.1, 0.15) is 54.1 Å². The molecule has 2 aromatic carbocycles. The largest absolute Gasteiger partial charge is 0.352 e. The standard InChI is InChI=1S/C25H32ClN3O2/c1-19-12-15-29(16-13-19)18-21-6-4-20(5-7-21)17-28-24(30)3-2-14-27-25(31)22-8-10-23(26)11-9-22/h4-11,19H,2-3,12-18H2,1H3,(H,27,31)(H,28,30). The van der Waals surface area contributed by atoms with Crippen molar-refractivity contribution in [2.75, 3.05) is 19.6 Å². The molecule has 0 aliphatic carbocycles. The number of hydrogen-bond donors (Lipinski definition) is 2. The quantitative estimate of drug-likeness (QED) is 0.567. The maximum absolute atomic E-state index is 12.1. The van der Waals surface area contributed by atoms with Gasteiger partial charge in [0.15, 0.2) is 0 Å². The molecule has 2 N–H and O–H groups in total. The number of amides is 2. The molecule has 2 aromatic rings. The number of likely N-dealkylation sites (tertiary alicyclic amines) is 1. The summed E-state index contributed by atoms with van der Waals surface area (Å²) in [5, 5.41) is 6.37. The topological polar surface area (TPSA) is 61.4 Å². The molecule has 0 atom stereocenters. The van der Waals surface area contributed by atoms with Crippen LogP contribution in [-0.4, -0.2) is 36.3 Å². The SMILES string of the molecule is CC1CCN(Cc2ccc(CNC(=O)CCCNC(=O)c3ccc(Cl)cc3)cc2)CC1. The average Bonchev–Trinajstić information content (AvgIpc) is 2.78. The Labute approximate surface area is 190 Å². The second kappa shape index (κ2) is 11.9. The Bertz CT molecular complexity index is 844. The summed E-state index contributed by atoms with van der Waals surface area (Å²) in [6.45, 7) is 6.67. The first-order valence-corrected chi connectivity index (χ1v) is 11.5. The van der Waals surface area contributed by atoms with Crippen LogP contribution in [0.2, 0.25) is 5.02 Å². The van der Waals surface area contributed by atoms with Crippen LogP contribution in [0.3, 0.4) is 0 Å². The third-order valence-electron chi connectivity index (χ3n) is 5.77. The molecule has 1 heterocycles. The molecule has 5 nitrogen and oxygen atoms in total. The fraction of sp³-hybridized carbons (Fsp3) is 0.440. The monoisotopic (exact) mass is 441 g/mol. The maximum Gasteiger partial charge on any atom is 0.251 e. The fourth-order valence-corrected chi connectivity index (χ4v) is 3.81. The van der Waals surface area contributed by atoms with Crippen molar-refractivity contribution in [1.29, 1.82) is 0 Å². The molecule has 3 rings (SSSR count). The van der Waals surface area contributed by atoms with Gasteiger partial charge in [-0.2, -0.15) is 0 Å². The van der Waals surface area contributed by atoms with E-state index in [0.717, 1.165) is 18.0 Å².